The number of nitrogens with zero attached hydrogens (tertiary/aromatic N) is 1. The number of hydrogen-bond acceptors (Lipinski definition) is 3. The van der Waals surface area contributed by atoms with Crippen LogP contribution in [0.5, 0.6) is 5.75 Å². The largest absolute Gasteiger partial charge is 0.489 e. The van der Waals surface area contributed by atoms with E-state index in [-0.39, 0.29) is 18.3 Å². The third kappa shape index (κ3) is 2.35. The standard InChI is InChI=1S/C22H14FNO3/c23-14-6-8-19-20(12-14)27-10-9-24(19)22(26)13-5-7-16-15-3-1-2-4-17(15)21(25)18(16)11-13/h1-8,11-12H,9-10H2. The number of ether oxygens (including phenoxy) is 1. The molecule has 1 aliphatic heterocycles. The molecule has 0 saturated carbocycles. The zero-order valence-corrected chi connectivity index (χ0v) is 14.2. The monoisotopic (exact) mass is 359 g/mol. The molecule has 0 spiro atoms. The molecule has 2 aliphatic rings. The molecule has 4 nitrogen and oxygen atoms in total. The number of ketones is 1. The van der Waals surface area contributed by atoms with Gasteiger partial charge in [-0.3, -0.25) is 9.59 Å². The van der Waals surface area contributed by atoms with E-state index in [0.29, 0.717) is 34.7 Å². The highest BCUT2D eigenvalue weighted by Crippen LogP contribution is 2.38. The third-order valence-electron chi connectivity index (χ3n) is 5.00. The topological polar surface area (TPSA) is 46.6 Å². The molecule has 1 heterocycles. The number of amides is 1. The number of carbonyl (C=O) groups is 2. The van der Waals surface area contributed by atoms with E-state index in [0.717, 1.165) is 11.1 Å². The Morgan fingerprint density at radius 1 is 0.926 bits per heavy atom. The molecule has 27 heavy (non-hydrogen) atoms. The smallest absolute Gasteiger partial charge is 0.258 e. The Morgan fingerprint density at radius 2 is 1.70 bits per heavy atom. The predicted molar refractivity (Wildman–Crippen MR) is 98.9 cm³/mol. The third-order valence-corrected chi connectivity index (χ3v) is 5.00. The molecule has 5 heteroatoms. The van der Waals surface area contributed by atoms with Crippen molar-refractivity contribution in [1.29, 1.82) is 0 Å². The molecule has 5 rings (SSSR count). The van der Waals surface area contributed by atoms with Crippen molar-refractivity contribution in [2.75, 3.05) is 18.1 Å². The SMILES string of the molecule is O=C1c2ccccc2-c2ccc(C(=O)N3CCOc4cc(F)ccc43)cc21. The van der Waals surface area contributed by atoms with Crippen LogP contribution in [0.4, 0.5) is 10.1 Å². The number of benzene rings is 3. The number of halogens is 1. The van der Waals surface area contributed by atoms with E-state index >= 15 is 0 Å². The van der Waals surface area contributed by atoms with Crippen molar-refractivity contribution in [3.63, 3.8) is 0 Å². The molecule has 1 aliphatic carbocycles. The van der Waals surface area contributed by atoms with E-state index in [4.69, 9.17) is 4.74 Å². The molecule has 3 aromatic carbocycles. The van der Waals surface area contributed by atoms with Crippen molar-refractivity contribution in [1.82, 2.24) is 0 Å². The average Bonchev–Trinajstić information content (AvgIpc) is 2.99. The van der Waals surface area contributed by atoms with Gasteiger partial charge in [0.25, 0.3) is 5.91 Å². The fourth-order valence-electron chi connectivity index (χ4n) is 3.72. The van der Waals surface area contributed by atoms with Gasteiger partial charge in [-0.2, -0.15) is 0 Å². The summed E-state index contributed by atoms with van der Waals surface area (Å²) in [6.45, 7) is 0.653. The van der Waals surface area contributed by atoms with Crippen molar-refractivity contribution < 1.29 is 18.7 Å². The molecule has 0 unspecified atom stereocenters. The summed E-state index contributed by atoms with van der Waals surface area (Å²) in [5, 5.41) is 0. The minimum atomic E-state index is -0.413. The minimum Gasteiger partial charge on any atom is -0.489 e. The second kappa shape index (κ2) is 5.77. The summed E-state index contributed by atoms with van der Waals surface area (Å²) in [4.78, 5) is 27.3. The fraction of sp³-hybridized carbons (Fsp3) is 0.0909. The molecule has 1 amide bonds. The summed E-state index contributed by atoms with van der Waals surface area (Å²) in [6, 6.07) is 16.7. The van der Waals surface area contributed by atoms with Crippen LogP contribution in [-0.2, 0) is 0 Å². The molecule has 3 aromatic rings. The number of hydrogen-bond donors (Lipinski definition) is 0. The van der Waals surface area contributed by atoms with Crippen molar-refractivity contribution >= 4 is 17.4 Å². The quantitative estimate of drug-likeness (QED) is 0.515. The van der Waals surface area contributed by atoms with Crippen molar-refractivity contribution in [3.8, 4) is 16.9 Å². The Kier molecular flexibility index (Phi) is 3.37. The molecule has 132 valence electrons. The van der Waals surface area contributed by atoms with Crippen molar-refractivity contribution in [3.05, 3.63) is 83.2 Å². The van der Waals surface area contributed by atoms with Crippen LogP contribution >= 0.6 is 0 Å². The Hall–Kier alpha value is -3.47. The highest BCUT2D eigenvalue weighted by Gasteiger charge is 2.29. The average molecular weight is 359 g/mol. The van der Waals surface area contributed by atoms with Crippen LogP contribution in [0.15, 0.2) is 60.7 Å². The Morgan fingerprint density at radius 3 is 2.56 bits per heavy atom. The second-order valence-corrected chi connectivity index (χ2v) is 6.55. The van der Waals surface area contributed by atoms with Crippen LogP contribution < -0.4 is 9.64 Å². The van der Waals surface area contributed by atoms with E-state index in [1.54, 1.807) is 23.1 Å². The molecule has 0 bridgehead atoms. The van der Waals surface area contributed by atoms with Gasteiger partial charge in [0.2, 0.25) is 0 Å². The van der Waals surface area contributed by atoms with Gasteiger partial charge >= 0.3 is 0 Å². The maximum atomic E-state index is 13.4. The normalized spacial score (nSPS) is 14.3. The molecule has 0 radical (unpaired) electrons. The highest BCUT2D eigenvalue weighted by atomic mass is 19.1. The van der Waals surface area contributed by atoms with E-state index in [2.05, 4.69) is 0 Å². The van der Waals surface area contributed by atoms with Crippen molar-refractivity contribution in [2.45, 2.75) is 0 Å². The lowest BCUT2D eigenvalue weighted by molar-refractivity contribution is 0.0976. The van der Waals surface area contributed by atoms with Crippen LogP contribution in [0, 0.1) is 5.82 Å². The Bertz CT molecular complexity index is 1120. The maximum Gasteiger partial charge on any atom is 0.258 e. The first-order chi connectivity index (χ1) is 13.1. The Labute approximate surface area is 154 Å². The van der Waals surface area contributed by atoms with Gasteiger partial charge in [0, 0.05) is 22.8 Å². The van der Waals surface area contributed by atoms with Crippen LogP contribution in [-0.4, -0.2) is 24.8 Å². The first-order valence-electron chi connectivity index (χ1n) is 8.66. The Balaban J connectivity index is 1.55. The summed E-state index contributed by atoms with van der Waals surface area (Å²) >= 11 is 0. The van der Waals surface area contributed by atoms with E-state index in [1.165, 1.54) is 18.2 Å². The molecule has 0 fully saturated rings. The first-order valence-corrected chi connectivity index (χ1v) is 8.66. The number of anilines is 1. The van der Waals surface area contributed by atoms with Crippen LogP contribution in [0.2, 0.25) is 0 Å². The fourth-order valence-corrected chi connectivity index (χ4v) is 3.72. The predicted octanol–water partition coefficient (Wildman–Crippen LogP) is 4.08. The van der Waals surface area contributed by atoms with Gasteiger partial charge in [0.1, 0.15) is 18.2 Å². The van der Waals surface area contributed by atoms with Gasteiger partial charge in [-0.25, -0.2) is 4.39 Å². The van der Waals surface area contributed by atoms with Gasteiger partial charge in [-0.05, 0) is 35.4 Å². The summed E-state index contributed by atoms with van der Waals surface area (Å²) in [7, 11) is 0. The lowest BCUT2D eigenvalue weighted by atomic mass is 10.0. The molecular formula is C22H14FNO3. The van der Waals surface area contributed by atoms with Gasteiger partial charge in [0.05, 0.1) is 12.2 Å². The summed E-state index contributed by atoms with van der Waals surface area (Å²) in [5.41, 5.74) is 3.88. The molecular weight excluding hydrogens is 345 g/mol. The summed E-state index contributed by atoms with van der Waals surface area (Å²) in [6.07, 6.45) is 0. The minimum absolute atomic E-state index is 0.0697. The van der Waals surface area contributed by atoms with Gasteiger partial charge in [0.15, 0.2) is 5.78 Å². The zero-order chi connectivity index (χ0) is 18.5. The molecule has 0 atom stereocenters. The summed E-state index contributed by atoms with van der Waals surface area (Å²) in [5.74, 6) is -0.374. The molecule has 0 saturated heterocycles. The van der Waals surface area contributed by atoms with Crippen molar-refractivity contribution in [2.24, 2.45) is 0 Å². The highest BCUT2D eigenvalue weighted by molar-refractivity contribution is 6.22. The number of fused-ring (bicyclic) bond motifs is 4. The second-order valence-electron chi connectivity index (χ2n) is 6.55. The first kappa shape index (κ1) is 15.8. The van der Waals surface area contributed by atoms with Gasteiger partial charge in [-0.15, -0.1) is 0 Å². The van der Waals surface area contributed by atoms with E-state index in [9.17, 15) is 14.0 Å². The van der Waals surface area contributed by atoms with E-state index in [1.807, 2.05) is 24.3 Å². The lowest BCUT2D eigenvalue weighted by Gasteiger charge is -2.29. The van der Waals surface area contributed by atoms with Crippen LogP contribution in [0.1, 0.15) is 26.3 Å². The lowest BCUT2D eigenvalue weighted by Crippen LogP contribution is -2.38. The van der Waals surface area contributed by atoms with Gasteiger partial charge < -0.3 is 9.64 Å². The van der Waals surface area contributed by atoms with Crippen LogP contribution in [0.25, 0.3) is 11.1 Å². The zero-order valence-electron chi connectivity index (χ0n) is 14.2. The summed E-state index contributed by atoms with van der Waals surface area (Å²) < 4.78 is 18.9. The number of rotatable bonds is 1. The van der Waals surface area contributed by atoms with Gasteiger partial charge in [-0.1, -0.05) is 30.3 Å². The maximum absolute atomic E-state index is 13.4. The molecule has 0 N–H and O–H groups in total. The van der Waals surface area contributed by atoms with Crippen LogP contribution in [0.3, 0.4) is 0 Å². The van der Waals surface area contributed by atoms with E-state index < -0.39 is 5.82 Å². The number of carbonyl (C=O) groups excluding carboxylic acids is 2. The molecule has 0 aromatic heterocycles.